The van der Waals surface area contributed by atoms with Gasteiger partial charge in [-0.1, -0.05) is 0 Å². The molecule has 11 heavy (non-hydrogen) atoms. The van der Waals surface area contributed by atoms with Crippen molar-refractivity contribution in [1.82, 2.24) is 4.90 Å². The molecule has 0 aliphatic rings. The minimum absolute atomic E-state index is 0.157. The van der Waals surface area contributed by atoms with Crippen molar-refractivity contribution in [3.8, 4) is 0 Å². The largest absolute Gasteiger partial charge is 0.427 e. The topological polar surface area (TPSA) is 12.5 Å². The summed E-state index contributed by atoms with van der Waals surface area (Å²) in [6, 6.07) is 0. The molecule has 0 aliphatic carbocycles. The van der Waals surface area contributed by atoms with E-state index in [1.807, 2.05) is 0 Å². The zero-order chi connectivity index (χ0) is 9.07. The number of nitrogens with zero attached hydrogens (tertiary/aromatic N) is 1. The minimum Gasteiger partial charge on any atom is -0.395 e. The molecule has 66 valence electrons. The summed E-state index contributed by atoms with van der Waals surface area (Å²) in [5, 5.41) is 0. The quantitative estimate of drug-likeness (QED) is 0.482. The van der Waals surface area contributed by atoms with Crippen LogP contribution in [0.1, 0.15) is 0 Å². The molecule has 1 unspecified atom stereocenters. The second kappa shape index (κ2) is 4.08. The lowest BCUT2D eigenvalue weighted by molar-refractivity contribution is -0.232. The molecule has 0 N–H and O–H groups in total. The second-order valence-electron chi connectivity index (χ2n) is 2.18. The molecule has 0 rings (SSSR count). The molecular weight excluding hydrogens is 175 g/mol. The number of halogens is 3. The van der Waals surface area contributed by atoms with Gasteiger partial charge in [0, 0.05) is 0 Å². The average molecular weight is 185 g/mol. The average Bonchev–Trinajstić information content (AvgIpc) is 1.79. The molecule has 0 saturated carbocycles. The van der Waals surface area contributed by atoms with E-state index in [0.29, 0.717) is 0 Å². The molecule has 0 bridgehead atoms. The van der Waals surface area contributed by atoms with E-state index >= 15 is 0 Å². The molecule has 0 aromatic rings. The highest BCUT2D eigenvalue weighted by Crippen LogP contribution is 2.23. The third-order valence-electron chi connectivity index (χ3n) is 0.979. The molecule has 2 nitrogen and oxygen atoms in total. The smallest absolute Gasteiger partial charge is 0.395 e. The lowest BCUT2D eigenvalue weighted by atomic mass is 10.5. The summed E-state index contributed by atoms with van der Waals surface area (Å²) in [4.78, 5) is 0.997. The zero-order valence-electron chi connectivity index (χ0n) is 6.57. The van der Waals surface area contributed by atoms with Gasteiger partial charge in [0.05, 0.1) is 0 Å². The highest BCUT2D eigenvalue weighted by atomic mass is 28.2. The van der Waals surface area contributed by atoms with Crippen molar-refractivity contribution in [3.63, 3.8) is 0 Å². The fourth-order valence-electron chi connectivity index (χ4n) is 0.577. The molecule has 6 heteroatoms. The summed E-state index contributed by atoms with van der Waals surface area (Å²) in [5.74, 6) is 0. The maximum Gasteiger partial charge on any atom is 0.427 e. The molecule has 1 atom stereocenters. The van der Waals surface area contributed by atoms with Crippen LogP contribution in [0.15, 0.2) is 0 Å². The fraction of sp³-hybridized carbons (Fsp3) is 1.00. The van der Waals surface area contributed by atoms with Gasteiger partial charge in [-0.15, -0.1) is 0 Å². The van der Waals surface area contributed by atoms with E-state index in [1.165, 1.54) is 14.1 Å². The van der Waals surface area contributed by atoms with E-state index in [4.69, 9.17) is 0 Å². The first-order chi connectivity index (χ1) is 4.89. The highest BCUT2D eigenvalue weighted by Gasteiger charge is 2.41. The van der Waals surface area contributed by atoms with Crippen molar-refractivity contribution in [3.05, 3.63) is 0 Å². The molecule has 0 saturated heterocycles. The fourth-order valence-corrected chi connectivity index (χ4v) is 1.14. The van der Waals surface area contributed by atoms with Gasteiger partial charge in [0.2, 0.25) is 9.76 Å². The van der Waals surface area contributed by atoms with Gasteiger partial charge in [0.15, 0.2) is 6.23 Å². The van der Waals surface area contributed by atoms with E-state index in [9.17, 15) is 13.2 Å². The second-order valence-corrected chi connectivity index (χ2v) is 2.82. The minimum atomic E-state index is -4.30. The molecule has 0 aliphatic heterocycles. The van der Waals surface area contributed by atoms with Crippen LogP contribution in [0.4, 0.5) is 13.2 Å². The maximum atomic E-state index is 12.0. The van der Waals surface area contributed by atoms with Gasteiger partial charge in [0.25, 0.3) is 0 Å². The first-order valence-electron chi connectivity index (χ1n) is 2.95. The molecule has 0 heterocycles. The molecule has 0 aromatic heterocycles. The Hall–Kier alpha value is -0.0731. The maximum absolute atomic E-state index is 12.0. The first kappa shape index (κ1) is 10.9. The van der Waals surface area contributed by atoms with Crippen LogP contribution in [0.3, 0.4) is 0 Å². The van der Waals surface area contributed by atoms with Crippen molar-refractivity contribution < 1.29 is 17.6 Å². The first-order valence-corrected chi connectivity index (χ1v) is 4.36. The van der Waals surface area contributed by atoms with Gasteiger partial charge in [-0.05, 0) is 20.6 Å². The number of hydrogen-bond acceptors (Lipinski definition) is 2. The van der Waals surface area contributed by atoms with Crippen LogP contribution in [-0.4, -0.2) is 41.2 Å². The molecular formula is C5H10F3NOSi. The van der Waals surface area contributed by atoms with Crippen molar-refractivity contribution in [2.75, 3.05) is 14.1 Å². The van der Waals surface area contributed by atoms with Gasteiger partial charge < -0.3 is 4.43 Å². The Morgan fingerprint density at radius 3 is 1.91 bits per heavy atom. The summed E-state index contributed by atoms with van der Waals surface area (Å²) in [6.07, 6.45) is -6.07. The standard InChI is InChI=1S/C5H10F3NOSi/c1-9(2)4(10-11-3)5(6,7)8/h4H,1-3H3. The van der Waals surface area contributed by atoms with Crippen LogP contribution in [0.25, 0.3) is 0 Å². The van der Waals surface area contributed by atoms with E-state index in [1.54, 1.807) is 6.55 Å². The van der Waals surface area contributed by atoms with E-state index in [-0.39, 0.29) is 9.76 Å². The lowest BCUT2D eigenvalue weighted by Gasteiger charge is -2.25. The van der Waals surface area contributed by atoms with E-state index in [0.717, 1.165) is 4.90 Å². The Balaban J connectivity index is 4.10. The third kappa shape index (κ3) is 3.73. The summed E-state index contributed by atoms with van der Waals surface area (Å²) in [6.45, 7) is 1.56. The van der Waals surface area contributed by atoms with Crippen LogP contribution >= 0.6 is 0 Å². The molecule has 2 radical (unpaired) electrons. The number of rotatable bonds is 3. The van der Waals surface area contributed by atoms with Crippen LogP contribution in [0.5, 0.6) is 0 Å². The highest BCUT2D eigenvalue weighted by molar-refractivity contribution is 6.24. The Kier molecular flexibility index (Phi) is 4.05. The van der Waals surface area contributed by atoms with Crippen LogP contribution in [0.2, 0.25) is 6.55 Å². The SMILES string of the molecule is C[Si]OC(N(C)C)C(F)(F)F. The zero-order valence-corrected chi connectivity index (χ0v) is 7.57. The van der Waals surface area contributed by atoms with E-state index in [2.05, 4.69) is 4.43 Å². The van der Waals surface area contributed by atoms with Gasteiger partial charge >= 0.3 is 6.18 Å². The van der Waals surface area contributed by atoms with Gasteiger partial charge in [0.1, 0.15) is 0 Å². The van der Waals surface area contributed by atoms with Crippen LogP contribution < -0.4 is 0 Å². The molecule has 0 amide bonds. The predicted molar refractivity (Wildman–Crippen MR) is 36.2 cm³/mol. The summed E-state index contributed by atoms with van der Waals surface area (Å²) in [7, 11) is 2.51. The monoisotopic (exact) mass is 185 g/mol. The van der Waals surface area contributed by atoms with Crippen molar-refractivity contribution in [1.29, 1.82) is 0 Å². The van der Waals surface area contributed by atoms with Crippen molar-refractivity contribution in [2.45, 2.75) is 19.0 Å². The van der Waals surface area contributed by atoms with Crippen LogP contribution in [0, 0.1) is 0 Å². The van der Waals surface area contributed by atoms with Crippen molar-refractivity contribution in [2.24, 2.45) is 0 Å². The summed E-state index contributed by atoms with van der Waals surface area (Å²) >= 11 is 0. The number of hydrogen-bond donors (Lipinski definition) is 0. The lowest BCUT2D eigenvalue weighted by Crippen LogP contribution is -2.43. The van der Waals surface area contributed by atoms with E-state index < -0.39 is 12.4 Å². The molecule has 0 fully saturated rings. The number of alkyl halides is 3. The normalized spacial score (nSPS) is 15.5. The molecule has 0 spiro atoms. The Morgan fingerprint density at radius 2 is 1.82 bits per heavy atom. The Bertz CT molecular complexity index is 117. The van der Waals surface area contributed by atoms with Crippen molar-refractivity contribution >= 4 is 9.76 Å². The summed E-state index contributed by atoms with van der Waals surface area (Å²) in [5.41, 5.74) is 0. The predicted octanol–water partition coefficient (Wildman–Crippen LogP) is 1.12. The third-order valence-corrected chi connectivity index (χ3v) is 1.44. The Morgan fingerprint density at radius 1 is 1.36 bits per heavy atom. The molecule has 0 aromatic carbocycles. The Labute approximate surface area is 66.3 Å². The van der Waals surface area contributed by atoms with Gasteiger partial charge in [-0.2, -0.15) is 13.2 Å². The summed E-state index contributed by atoms with van der Waals surface area (Å²) < 4.78 is 40.5. The van der Waals surface area contributed by atoms with Crippen LogP contribution in [-0.2, 0) is 4.43 Å². The van der Waals surface area contributed by atoms with Gasteiger partial charge in [-0.3, -0.25) is 4.90 Å². The van der Waals surface area contributed by atoms with Gasteiger partial charge in [-0.25, -0.2) is 0 Å².